The summed E-state index contributed by atoms with van der Waals surface area (Å²) in [5.74, 6) is -0.172. The van der Waals surface area contributed by atoms with Crippen molar-refractivity contribution >= 4 is 36.4 Å². The van der Waals surface area contributed by atoms with Crippen LogP contribution in [0.15, 0.2) is 18.5 Å². The van der Waals surface area contributed by atoms with E-state index in [0.717, 1.165) is 5.56 Å². The van der Waals surface area contributed by atoms with E-state index in [9.17, 15) is 4.79 Å². The maximum Gasteiger partial charge on any atom is 0.245 e. The predicted molar refractivity (Wildman–Crippen MR) is 92.8 cm³/mol. The fourth-order valence-corrected chi connectivity index (χ4v) is 2.65. The van der Waals surface area contributed by atoms with E-state index in [-0.39, 0.29) is 42.2 Å². The van der Waals surface area contributed by atoms with Gasteiger partial charge in [0.05, 0.1) is 18.0 Å². The predicted octanol–water partition coefficient (Wildman–Crippen LogP) is 2.70. The van der Waals surface area contributed by atoms with Gasteiger partial charge in [0, 0.05) is 24.6 Å². The summed E-state index contributed by atoms with van der Waals surface area (Å²) in [5.41, 5.74) is 6.71. The summed E-state index contributed by atoms with van der Waals surface area (Å²) in [6.07, 6.45) is 3.90. The van der Waals surface area contributed by atoms with Crippen LogP contribution in [0.5, 0.6) is 0 Å². The van der Waals surface area contributed by atoms with Crippen LogP contribution in [-0.2, 0) is 9.53 Å². The van der Waals surface area contributed by atoms with Crippen molar-refractivity contribution in [2.45, 2.75) is 45.8 Å². The number of carbonyl (C=O) groups is 1. The molecular weight excluding hydrogens is 325 g/mol. The van der Waals surface area contributed by atoms with Crippen molar-refractivity contribution < 1.29 is 9.53 Å². The van der Waals surface area contributed by atoms with Crippen molar-refractivity contribution in [3.8, 4) is 0 Å². The number of carbonyl (C=O) groups excluding carboxylic acids is 1. The second-order valence-electron chi connectivity index (χ2n) is 5.99. The monoisotopic (exact) mass is 349 g/mol. The van der Waals surface area contributed by atoms with Gasteiger partial charge in [-0.05, 0) is 25.5 Å². The molecule has 0 saturated heterocycles. The third-order valence-electron chi connectivity index (χ3n) is 4.52. The number of ether oxygens (including phenoxy) is 1. The summed E-state index contributed by atoms with van der Waals surface area (Å²) in [7, 11) is 0. The van der Waals surface area contributed by atoms with Crippen molar-refractivity contribution in [2.75, 3.05) is 11.9 Å². The highest BCUT2D eigenvalue weighted by atomic mass is 35.5. The Morgan fingerprint density at radius 1 is 1.50 bits per heavy atom. The first-order valence-electron chi connectivity index (χ1n) is 6.95. The first-order chi connectivity index (χ1) is 9.33. The summed E-state index contributed by atoms with van der Waals surface area (Å²) < 4.78 is 5.64. The van der Waals surface area contributed by atoms with Gasteiger partial charge in [-0.15, -0.1) is 24.8 Å². The van der Waals surface area contributed by atoms with Gasteiger partial charge in [0.25, 0.3) is 0 Å². The number of anilines is 1. The van der Waals surface area contributed by atoms with Crippen LogP contribution in [0.25, 0.3) is 0 Å². The summed E-state index contributed by atoms with van der Waals surface area (Å²) in [4.78, 5) is 16.5. The fraction of sp³-hybridized carbons (Fsp3) is 0.600. The smallest absolute Gasteiger partial charge is 0.245 e. The molecule has 1 saturated carbocycles. The number of amides is 1. The molecule has 2 rings (SSSR count). The summed E-state index contributed by atoms with van der Waals surface area (Å²) in [5, 5.41) is 2.89. The lowest BCUT2D eigenvalue weighted by Gasteiger charge is -2.57. The van der Waals surface area contributed by atoms with Crippen molar-refractivity contribution in [3.05, 3.63) is 24.0 Å². The molecule has 1 aromatic heterocycles. The van der Waals surface area contributed by atoms with Gasteiger partial charge in [-0.2, -0.15) is 0 Å². The molecule has 7 heteroatoms. The number of aryl methyl sites for hydroxylation is 1. The third kappa shape index (κ3) is 3.38. The maximum absolute atomic E-state index is 12.5. The largest absolute Gasteiger partial charge is 0.378 e. The average Bonchev–Trinajstić information content (AvgIpc) is 2.40. The Hall–Kier alpha value is -0.880. The third-order valence-corrected chi connectivity index (χ3v) is 4.52. The quantitative estimate of drug-likeness (QED) is 0.875. The van der Waals surface area contributed by atoms with E-state index in [2.05, 4.69) is 10.3 Å². The number of pyridine rings is 1. The number of rotatable bonds is 4. The molecule has 1 heterocycles. The molecule has 2 atom stereocenters. The first-order valence-corrected chi connectivity index (χ1v) is 6.95. The molecule has 0 aliphatic heterocycles. The van der Waals surface area contributed by atoms with Gasteiger partial charge < -0.3 is 15.8 Å². The minimum absolute atomic E-state index is 0. The van der Waals surface area contributed by atoms with Gasteiger partial charge in [-0.1, -0.05) is 13.8 Å². The highest BCUT2D eigenvalue weighted by Gasteiger charge is 2.62. The Kier molecular flexibility index (Phi) is 7.29. The lowest BCUT2D eigenvalue weighted by molar-refractivity contribution is -0.166. The van der Waals surface area contributed by atoms with Crippen LogP contribution >= 0.6 is 24.8 Å². The number of halogens is 2. The number of nitrogens with one attached hydrogen (secondary N) is 1. The fourth-order valence-electron chi connectivity index (χ4n) is 2.65. The van der Waals surface area contributed by atoms with Crippen molar-refractivity contribution in [1.29, 1.82) is 0 Å². The SMILES string of the molecule is CCOC1CC(N)(C(=O)Nc2cnccc2C)C1(C)C.Cl.Cl. The first kappa shape index (κ1) is 21.1. The van der Waals surface area contributed by atoms with Gasteiger partial charge >= 0.3 is 0 Å². The molecule has 0 spiro atoms. The molecule has 126 valence electrons. The molecule has 1 aliphatic carbocycles. The molecule has 3 N–H and O–H groups in total. The van der Waals surface area contributed by atoms with E-state index in [1.54, 1.807) is 12.4 Å². The average molecular weight is 350 g/mol. The molecule has 0 bridgehead atoms. The number of aromatic nitrogens is 1. The second kappa shape index (κ2) is 7.59. The second-order valence-corrected chi connectivity index (χ2v) is 5.99. The normalized spacial score (nSPS) is 25.2. The molecule has 0 radical (unpaired) electrons. The van der Waals surface area contributed by atoms with Gasteiger partial charge in [0.1, 0.15) is 5.54 Å². The topological polar surface area (TPSA) is 77.2 Å². The van der Waals surface area contributed by atoms with E-state index >= 15 is 0 Å². The summed E-state index contributed by atoms with van der Waals surface area (Å²) in [6, 6.07) is 1.85. The maximum atomic E-state index is 12.5. The lowest BCUT2D eigenvalue weighted by Crippen LogP contribution is -2.74. The number of nitrogens with two attached hydrogens (primary N) is 1. The van der Waals surface area contributed by atoms with Crippen LogP contribution < -0.4 is 11.1 Å². The molecule has 0 aromatic carbocycles. The van der Waals surface area contributed by atoms with Crippen LogP contribution in [-0.4, -0.2) is 29.1 Å². The molecule has 1 aliphatic rings. The minimum atomic E-state index is -0.908. The van der Waals surface area contributed by atoms with Crippen LogP contribution in [0, 0.1) is 12.3 Å². The highest BCUT2D eigenvalue weighted by Crippen LogP contribution is 2.50. The molecule has 22 heavy (non-hydrogen) atoms. The molecule has 5 nitrogen and oxygen atoms in total. The van der Waals surface area contributed by atoms with Gasteiger partial charge in [-0.3, -0.25) is 9.78 Å². The molecule has 1 aromatic rings. The number of nitrogens with zero attached hydrogens (tertiary/aromatic N) is 1. The van der Waals surface area contributed by atoms with Gasteiger partial charge in [-0.25, -0.2) is 0 Å². The van der Waals surface area contributed by atoms with E-state index in [0.29, 0.717) is 18.7 Å². The van der Waals surface area contributed by atoms with Crippen LogP contribution in [0.4, 0.5) is 5.69 Å². The van der Waals surface area contributed by atoms with Crippen molar-refractivity contribution in [1.82, 2.24) is 4.98 Å². The molecule has 2 unspecified atom stereocenters. The number of hydrogen-bond donors (Lipinski definition) is 2. The van der Waals surface area contributed by atoms with E-state index in [1.165, 1.54) is 0 Å². The molecular formula is C15H25Cl2N3O2. The number of hydrogen-bond acceptors (Lipinski definition) is 4. The molecule has 1 fully saturated rings. The zero-order valence-corrected chi connectivity index (χ0v) is 15.0. The Morgan fingerprint density at radius 3 is 2.64 bits per heavy atom. The Labute approximate surface area is 144 Å². The van der Waals surface area contributed by atoms with Crippen LogP contribution in [0.1, 0.15) is 32.8 Å². The minimum Gasteiger partial charge on any atom is -0.378 e. The van der Waals surface area contributed by atoms with Crippen molar-refractivity contribution in [3.63, 3.8) is 0 Å². The zero-order chi connectivity index (χ0) is 15.0. The lowest BCUT2D eigenvalue weighted by atomic mass is 9.54. The Bertz CT molecular complexity index is 525. The Balaban J connectivity index is 0.00000220. The van der Waals surface area contributed by atoms with Crippen LogP contribution in [0.3, 0.4) is 0 Å². The van der Waals surface area contributed by atoms with E-state index < -0.39 is 5.54 Å². The zero-order valence-electron chi connectivity index (χ0n) is 13.4. The van der Waals surface area contributed by atoms with E-state index in [1.807, 2.05) is 33.8 Å². The highest BCUT2D eigenvalue weighted by molar-refractivity contribution is 6.00. The van der Waals surface area contributed by atoms with Gasteiger partial charge in [0.15, 0.2) is 0 Å². The molecule has 1 amide bonds. The summed E-state index contributed by atoms with van der Waals surface area (Å²) >= 11 is 0. The van der Waals surface area contributed by atoms with E-state index in [4.69, 9.17) is 10.5 Å². The summed E-state index contributed by atoms with van der Waals surface area (Å²) in [6.45, 7) is 8.47. The Morgan fingerprint density at radius 2 is 2.14 bits per heavy atom. The standard InChI is InChI=1S/C15H23N3O2.2ClH/c1-5-20-12-8-15(16,14(12,3)4)13(19)18-11-9-17-7-6-10(11)2;;/h6-7,9,12H,5,8,16H2,1-4H3,(H,18,19);2*1H. The van der Waals surface area contributed by atoms with Crippen LogP contribution in [0.2, 0.25) is 0 Å². The van der Waals surface area contributed by atoms with Crippen molar-refractivity contribution in [2.24, 2.45) is 11.1 Å². The van der Waals surface area contributed by atoms with Gasteiger partial charge in [0.2, 0.25) is 5.91 Å².